The minimum Gasteiger partial charge on any atom is -0.545 e. The van der Waals surface area contributed by atoms with Gasteiger partial charge in [-0.1, -0.05) is 11.6 Å². The number of aromatic carboxylic acids is 1. The van der Waals surface area contributed by atoms with E-state index in [1.54, 1.807) is 6.07 Å². The number of carboxylic acids is 1. The van der Waals surface area contributed by atoms with Crippen LogP contribution in [-0.4, -0.2) is 11.0 Å². The van der Waals surface area contributed by atoms with Crippen molar-refractivity contribution < 1.29 is 9.90 Å². The molecule has 3 nitrogen and oxygen atoms in total. The van der Waals surface area contributed by atoms with Crippen molar-refractivity contribution in [2.75, 3.05) is 0 Å². The fourth-order valence-corrected chi connectivity index (χ4v) is 3.43. The first-order valence-electron chi connectivity index (χ1n) is 5.93. The van der Waals surface area contributed by atoms with Gasteiger partial charge in [0.1, 0.15) is 0 Å². The number of rotatable bonds is 2. The summed E-state index contributed by atoms with van der Waals surface area (Å²) in [5.74, 6) is -1.18. The minimum absolute atomic E-state index is 0.179. The summed E-state index contributed by atoms with van der Waals surface area (Å²) in [7, 11) is 0. The van der Waals surface area contributed by atoms with Crippen molar-refractivity contribution in [2.24, 2.45) is 0 Å². The molecule has 2 aromatic heterocycles. The number of pyridine rings is 1. The molecule has 0 saturated carbocycles. The van der Waals surface area contributed by atoms with E-state index in [4.69, 9.17) is 0 Å². The predicted octanol–water partition coefficient (Wildman–Crippen LogP) is 3.40. The summed E-state index contributed by atoms with van der Waals surface area (Å²) in [6.45, 7) is 1.92. The molecule has 0 fully saturated rings. The average Bonchev–Trinajstić information content (AvgIpc) is 2.84. The number of carbonyl (C=O) groups is 1. The average molecular weight is 347 g/mol. The quantitative estimate of drug-likeness (QED) is 0.714. The fraction of sp³-hybridized carbons (Fsp3) is 0.0667. The Morgan fingerprint density at radius 3 is 2.70 bits per heavy atom. The summed E-state index contributed by atoms with van der Waals surface area (Å²) < 4.78 is 0.980. The van der Waals surface area contributed by atoms with E-state index in [1.807, 2.05) is 37.3 Å². The molecule has 0 amide bonds. The SMILES string of the molecule is Cc1ccc2nc(-c3ccc(Br)s3)cc(C(=O)[O-])c2c1. The topological polar surface area (TPSA) is 53.0 Å². The fourth-order valence-electron chi connectivity index (χ4n) is 2.09. The lowest BCUT2D eigenvalue weighted by Gasteiger charge is -2.10. The Bertz CT molecular complexity index is 826. The van der Waals surface area contributed by atoms with Crippen LogP contribution in [0.4, 0.5) is 0 Å². The molecule has 0 unspecified atom stereocenters. The normalized spacial score (nSPS) is 10.9. The second kappa shape index (κ2) is 5.00. The molecule has 2 heterocycles. The molecule has 1 aromatic carbocycles. The lowest BCUT2D eigenvalue weighted by molar-refractivity contribution is -0.254. The molecule has 5 heteroatoms. The Hall–Kier alpha value is -1.72. The summed E-state index contributed by atoms with van der Waals surface area (Å²) in [4.78, 5) is 16.8. The van der Waals surface area contributed by atoms with E-state index in [0.29, 0.717) is 16.6 Å². The Labute approximate surface area is 128 Å². The highest BCUT2D eigenvalue weighted by molar-refractivity contribution is 9.11. The number of benzene rings is 1. The first-order chi connectivity index (χ1) is 9.54. The summed E-state index contributed by atoms with van der Waals surface area (Å²) in [5.41, 5.74) is 2.49. The number of halogens is 1. The third kappa shape index (κ3) is 2.34. The number of carbonyl (C=O) groups excluding carboxylic acids is 1. The highest BCUT2D eigenvalue weighted by atomic mass is 79.9. The number of nitrogens with zero attached hydrogens (tertiary/aromatic N) is 1. The van der Waals surface area contributed by atoms with Crippen LogP contribution in [0.3, 0.4) is 0 Å². The van der Waals surface area contributed by atoms with Gasteiger partial charge in [-0.25, -0.2) is 4.98 Å². The Balaban J connectivity index is 2.31. The molecular formula is C15H9BrNO2S-. The Morgan fingerprint density at radius 1 is 1.25 bits per heavy atom. The van der Waals surface area contributed by atoms with Gasteiger partial charge >= 0.3 is 0 Å². The van der Waals surface area contributed by atoms with Gasteiger partial charge in [0.05, 0.1) is 25.8 Å². The number of aromatic nitrogens is 1. The van der Waals surface area contributed by atoms with Gasteiger partial charge in [-0.15, -0.1) is 11.3 Å². The van der Waals surface area contributed by atoms with Crippen molar-refractivity contribution in [3.63, 3.8) is 0 Å². The highest BCUT2D eigenvalue weighted by Gasteiger charge is 2.10. The van der Waals surface area contributed by atoms with Crippen LogP contribution < -0.4 is 5.11 Å². The zero-order valence-electron chi connectivity index (χ0n) is 10.5. The smallest absolute Gasteiger partial charge is 0.0816 e. The van der Waals surface area contributed by atoms with Gasteiger partial charge in [-0.05, 0) is 53.2 Å². The number of thiophene rings is 1. The molecule has 3 aromatic rings. The number of hydrogen-bond acceptors (Lipinski definition) is 4. The first kappa shape index (κ1) is 13.3. The standard InChI is InChI=1S/C15H10BrNO2S/c1-8-2-3-11-9(6-8)10(15(18)19)7-12(17-11)13-4-5-14(16)20-13/h2-7H,1H3,(H,18,19)/p-1. The molecular weight excluding hydrogens is 338 g/mol. The van der Waals surface area contributed by atoms with E-state index in [1.165, 1.54) is 11.3 Å². The van der Waals surface area contributed by atoms with Crippen LogP contribution in [-0.2, 0) is 0 Å². The maximum Gasteiger partial charge on any atom is 0.0816 e. The van der Waals surface area contributed by atoms with E-state index in [-0.39, 0.29) is 5.56 Å². The van der Waals surface area contributed by atoms with Crippen LogP contribution in [0.25, 0.3) is 21.5 Å². The molecule has 0 aliphatic rings. The zero-order chi connectivity index (χ0) is 14.3. The number of aryl methyl sites for hydroxylation is 1. The lowest BCUT2D eigenvalue weighted by Crippen LogP contribution is -2.22. The third-order valence-corrected chi connectivity index (χ3v) is 4.66. The van der Waals surface area contributed by atoms with Gasteiger partial charge < -0.3 is 9.90 Å². The van der Waals surface area contributed by atoms with Crippen LogP contribution >= 0.6 is 27.3 Å². The molecule has 0 atom stereocenters. The van der Waals surface area contributed by atoms with Gasteiger partial charge in [0.15, 0.2) is 0 Å². The Kier molecular flexibility index (Phi) is 3.31. The second-order valence-electron chi connectivity index (χ2n) is 4.47. The zero-order valence-corrected chi connectivity index (χ0v) is 12.9. The van der Waals surface area contributed by atoms with Crippen LogP contribution in [0.5, 0.6) is 0 Å². The molecule has 0 bridgehead atoms. The summed E-state index contributed by atoms with van der Waals surface area (Å²) in [5, 5.41) is 12.0. The molecule has 100 valence electrons. The van der Waals surface area contributed by atoms with Crippen molar-refractivity contribution in [3.8, 4) is 10.6 Å². The molecule has 0 aliphatic heterocycles. The van der Waals surface area contributed by atoms with Crippen LogP contribution in [0, 0.1) is 6.92 Å². The molecule has 0 aliphatic carbocycles. The maximum atomic E-state index is 11.4. The monoisotopic (exact) mass is 346 g/mol. The van der Waals surface area contributed by atoms with E-state index < -0.39 is 5.97 Å². The van der Waals surface area contributed by atoms with E-state index >= 15 is 0 Å². The summed E-state index contributed by atoms with van der Waals surface area (Å²) in [6.07, 6.45) is 0. The number of fused-ring (bicyclic) bond motifs is 1. The van der Waals surface area contributed by atoms with E-state index in [0.717, 1.165) is 14.2 Å². The third-order valence-electron chi connectivity index (χ3n) is 3.01. The van der Waals surface area contributed by atoms with Gasteiger partial charge in [-0.3, -0.25) is 0 Å². The maximum absolute atomic E-state index is 11.4. The molecule has 20 heavy (non-hydrogen) atoms. The largest absolute Gasteiger partial charge is 0.545 e. The number of carboxylic acid groups (broad SMARTS) is 1. The van der Waals surface area contributed by atoms with Crippen molar-refractivity contribution >= 4 is 44.1 Å². The van der Waals surface area contributed by atoms with Gasteiger partial charge in [-0.2, -0.15) is 0 Å². The van der Waals surface area contributed by atoms with Crippen LogP contribution in [0.2, 0.25) is 0 Å². The van der Waals surface area contributed by atoms with Crippen molar-refractivity contribution in [2.45, 2.75) is 6.92 Å². The molecule has 0 saturated heterocycles. The van der Waals surface area contributed by atoms with E-state index in [2.05, 4.69) is 20.9 Å². The van der Waals surface area contributed by atoms with Gasteiger partial charge in [0.25, 0.3) is 0 Å². The minimum atomic E-state index is -1.18. The Morgan fingerprint density at radius 2 is 2.05 bits per heavy atom. The summed E-state index contributed by atoms with van der Waals surface area (Å²) >= 11 is 4.91. The van der Waals surface area contributed by atoms with Gasteiger partial charge in [0, 0.05) is 10.9 Å². The van der Waals surface area contributed by atoms with Crippen molar-refractivity contribution in [3.05, 3.63) is 51.3 Å². The van der Waals surface area contributed by atoms with Crippen LogP contribution in [0.1, 0.15) is 15.9 Å². The molecule has 0 spiro atoms. The van der Waals surface area contributed by atoms with Gasteiger partial charge in [0.2, 0.25) is 0 Å². The predicted molar refractivity (Wildman–Crippen MR) is 81.8 cm³/mol. The molecule has 0 radical (unpaired) electrons. The lowest BCUT2D eigenvalue weighted by atomic mass is 10.0. The second-order valence-corrected chi connectivity index (χ2v) is 6.93. The molecule has 3 rings (SSSR count). The van der Waals surface area contributed by atoms with Crippen molar-refractivity contribution in [1.29, 1.82) is 0 Å². The summed E-state index contributed by atoms with van der Waals surface area (Å²) in [6, 6.07) is 11.0. The van der Waals surface area contributed by atoms with Crippen molar-refractivity contribution in [1.82, 2.24) is 4.98 Å². The van der Waals surface area contributed by atoms with E-state index in [9.17, 15) is 9.90 Å². The highest BCUT2D eigenvalue weighted by Crippen LogP contribution is 2.32. The first-order valence-corrected chi connectivity index (χ1v) is 7.54. The number of hydrogen-bond donors (Lipinski definition) is 0. The van der Waals surface area contributed by atoms with Crippen LogP contribution in [0.15, 0.2) is 40.2 Å². The molecule has 0 N–H and O–H groups in total.